The predicted molar refractivity (Wildman–Crippen MR) is 86.5 cm³/mol. The number of methoxy groups -OCH3 is 1. The molecule has 5 heteroatoms. The van der Waals surface area contributed by atoms with Crippen LogP contribution in [0.5, 0.6) is 0 Å². The molecule has 1 aliphatic carbocycles. The van der Waals surface area contributed by atoms with Crippen LogP contribution in [0.3, 0.4) is 0 Å². The molecule has 0 saturated heterocycles. The van der Waals surface area contributed by atoms with Gasteiger partial charge in [0.25, 0.3) is 0 Å². The van der Waals surface area contributed by atoms with Crippen molar-refractivity contribution >= 4 is 17.7 Å². The first-order valence-corrected chi connectivity index (χ1v) is 8.39. The van der Waals surface area contributed by atoms with Crippen LogP contribution in [0.15, 0.2) is 29.2 Å². The van der Waals surface area contributed by atoms with E-state index in [9.17, 15) is 4.79 Å². The Morgan fingerprint density at radius 3 is 2.71 bits per heavy atom. The van der Waals surface area contributed by atoms with Crippen molar-refractivity contribution in [1.82, 2.24) is 10.6 Å². The van der Waals surface area contributed by atoms with Crippen LogP contribution in [-0.4, -0.2) is 37.5 Å². The van der Waals surface area contributed by atoms with Crippen LogP contribution in [0, 0.1) is 0 Å². The molecule has 0 aliphatic heterocycles. The maximum atomic E-state index is 11.8. The van der Waals surface area contributed by atoms with Gasteiger partial charge in [-0.25, -0.2) is 0 Å². The number of benzene rings is 1. The van der Waals surface area contributed by atoms with E-state index in [2.05, 4.69) is 34.9 Å². The first-order valence-electron chi connectivity index (χ1n) is 7.41. The van der Waals surface area contributed by atoms with E-state index in [0.29, 0.717) is 12.4 Å². The smallest absolute Gasteiger partial charge is 0.230 e. The van der Waals surface area contributed by atoms with Gasteiger partial charge < -0.3 is 15.4 Å². The van der Waals surface area contributed by atoms with Gasteiger partial charge in [-0.2, -0.15) is 0 Å². The molecule has 1 saturated carbocycles. The third kappa shape index (κ3) is 6.50. The molecule has 0 heterocycles. The minimum atomic E-state index is 0.0454. The molecule has 1 fully saturated rings. The minimum absolute atomic E-state index is 0.0454. The number of hydrogen-bond acceptors (Lipinski definition) is 4. The lowest BCUT2D eigenvalue weighted by Crippen LogP contribution is -2.36. The van der Waals surface area contributed by atoms with Gasteiger partial charge in [-0.1, -0.05) is 12.1 Å². The van der Waals surface area contributed by atoms with Crippen LogP contribution in [0.2, 0.25) is 0 Å². The van der Waals surface area contributed by atoms with Crippen LogP contribution in [0.25, 0.3) is 0 Å². The largest absolute Gasteiger partial charge is 0.383 e. The second-order valence-corrected chi connectivity index (χ2v) is 6.56. The lowest BCUT2D eigenvalue weighted by Gasteiger charge is -2.12. The molecule has 1 atom stereocenters. The van der Waals surface area contributed by atoms with Crippen molar-refractivity contribution in [2.24, 2.45) is 0 Å². The molecule has 21 heavy (non-hydrogen) atoms. The molecule has 1 aromatic rings. The number of hydrogen-bond donors (Lipinski definition) is 2. The normalized spacial score (nSPS) is 15.7. The van der Waals surface area contributed by atoms with Crippen LogP contribution < -0.4 is 10.6 Å². The number of amides is 1. The zero-order chi connectivity index (χ0) is 15.1. The van der Waals surface area contributed by atoms with E-state index < -0.39 is 0 Å². The van der Waals surface area contributed by atoms with E-state index in [1.165, 1.54) is 18.4 Å². The molecule has 0 radical (unpaired) electrons. The van der Waals surface area contributed by atoms with Gasteiger partial charge in [0.05, 0.1) is 12.4 Å². The number of rotatable bonds is 9. The van der Waals surface area contributed by atoms with E-state index >= 15 is 0 Å². The topological polar surface area (TPSA) is 50.4 Å². The summed E-state index contributed by atoms with van der Waals surface area (Å²) >= 11 is 1.56. The summed E-state index contributed by atoms with van der Waals surface area (Å²) in [5, 5.41) is 6.40. The van der Waals surface area contributed by atoms with E-state index in [0.717, 1.165) is 17.5 Å². The zero-order valence-electron chi connectivity index (χ0n) is 12.7. The molecular weight excluding hydrogens is 284 g/mol. The van der Waals surface area contributed by atoms with Gasteiger partial charge in [-0.15, -0.1) is 11.8 Å². The van der Waals surface area contributed by atoms with Crippen molar-refractivity contribution in [1.29, 1.82) is 0 Å². The van der Waals surface area contributed by atoms with Crippen LogP contribution >= 0.6 is 11.8 Å². The number of thioether (sulfide) groups is 1. The highest BCUT2D eigenvalue weighted by Gasteiger charge is 2.19. The summed E-state index contributed by atoms with van der Waals surface area (Å²) in [7, 11) is 1.64. The molecule has 116 valence electrons. The van der Waals surface area contributed by atoms with Gasteiger partial charge in [0, 0.05) is 30.6 Å². The average Bonchev–Trinajstić information content (AvgIpc) is 3.28. The van der Waals surface area contributed by atoms with E-state index in [-0.39, 0.29) is 11.9 Å². The van der Waals surface area contributed by atoms with Gasteiger partial charge in [-0.3, -0.25) is 4.79 Å². The highest BCUT2D eigenvalue weighted by Crippen LogP contribution is 2.21. The van der Waals surface area contributed by atoms with E-state index in [4.69, 9.17) is 4.74 Å². The summed E-state index contributed by atoms with van der Waals surface area (Å²) in [5.41, 5.74) is 1.30. The van der Waals surface area contributed by atoms with Crippen molar-refractivity contribution in [2.45, 2.75) is 43.3 Å². The van der Waals surface area contributed by atoms with Crippen molar-refractivity contribution in [3.05, 3.63) is 29.8 Å². The molecule has 0 spiro atoms. The van der Waals surface area contributed by atoms with Gasteiger partial charge in [0.2, 0.25) is 5.91 Å². The molecule has 4 nitrogen and oxygen atoms in total. The van der Waals surface area contributed by atoms with Gasteiger partial charge in [-0.05, 0) is 37.5 Å². The Labute approximate surface area is 131 Å². The molecule has 1 aliphatic rings. The molecule has 1 aromatic carbocycles. The monoisotopic (exact) mass is 308 g/mol. The van der Waals surface area contributed by atoms with Crippen molar-refractivity contribution in [3.8, 4) is 0 Å². The fourth-order valence-electron chi connectivity index (χ4n) is 2.01. The van der Waals surface area contributed by atoms with Crippen molar-refractivity contribution in [3.63, 3.8) is 0 Å². The molecule has 2 rings (SSSR count). The van der Waals surface area contributed by atoms with Gasteiger partial charge >= 0.3 is 0 Å². The Balaban J connectivity index is 1.68. The third-order valence-corrected chi connectivity index (χ3v) is 4.30. The molecule has 0 bridgehead atoms. The number of nitrogens with one attached hydrogen (secondary N) is 2. The number of carbonyl (C=O) groups is 1. The summed E-state index contributed by atoms with van der Waals surface area (Å²) in [5.74, 6) is 0.484. The maximum Gasteiger partial charge on any atom is 0.230 e. The summed E-state index contributed by atoms with van der Waals surface area (Å²) in [4.78, 5) is 12.9. The standard InChI is InChI=1S/C16H24N2O2S/c1-12(10-20-2)18-16(19)11-21-15-7-3-13(4-8-15)9-17-14-5-6-14/h3-4,7-8,12,14,17H,5-6,9-11H2,1-2H3,(H,18,19). The number of ether oxygens (including phenoxy) is 1. The second kappa shape index (κ2) is 8.41. The minimum Gasteiger partial charge on any atom is -0.383 e. The lowest BCUT2D eigenvalue weighted by atomic mass is 10.2. The van der Waals surface area contributed by atoms with Crippen molar-refractivity contribution in [2.75, 3.05) is 19.5 Å². The fourth-order valence-corrected chi connectivity index (χ4v) is 2.72. The average molecular weight is 308 g/mol. The molecule has 1 unspecified atom stereocenters. The Morgan fingerprint density at radius 1 is 1.38 bits per heavy atom. The first-order chi connectivity index (χ1) is 10.2. The van der Waals surface area contributed by atoms with Gasteiger partial charge in [0.15, 0.2) is 0 Å². The molecule has 0 aromatic heterocycles. The summed E-state index contributed by atoms with van der Waals surface area (Å²) in [6, 6.07) is 9.21. The fraction of sp³-hybridized carbons (Fsp3) is 0.562. The number of carbonyl (C=O) groups excluding carboxylic acids is 1. The second-order valence-electron chi connectivity index (χ2n) is 5.51. The Bertz CT molecular complexity index is 446. The van der Waals surface area contributed by atoms with E-state index in [1.54, 1.807) is 18.9 Å². The molecule has 2 N–H and O–H groups in total. The Hall–Kier alpha value is -1.04. The van der Waals surface area contributed by atoms with E-state index in [1.807, 2.05) is 6.92 Å². The summed E-state index contributed by atoms with van der Waals surface area (Å²) in [6.45, 7) is 3.41. The van der Waals surface area contributed by atoms with Gasteiger partial charge in [0.1, 0.15) is 0 Å². The highest BCUT2D eigenvalue weighted by molar-refractivity contribution is 8.00. The summed E-state index contributed by atoms with van der Waals surface area (Å²) in [6.07, 6.45) is 2.62. The van der Waals surface area contributed by atoms with Crippen LogP contribution in [-0.2, 0) is 16.1 Å². The maximum absolute atomic E-state index is 11.8. The quantitative estimate of drug-likeness (QED) is 0.687. The summed E-state index contributed by atoms with van der Waals surface area (Å²) < 4.78 is 5.00. The zero-order valence-corrected chi connectivity index (χ0v) is 13.5. The Kier molecular flexibility index (Phi) is 6.54. The molecular formula is C16H24N2O2S. The molecule has 1 amide bonds. The third-order valence-electron chi connectivity index (χ3n) is 3.29. The SMILES string of the molecule is COCC(C)NC(=O)CSc1ccc(CNC2CC2)cc1. The first kappa shape index (κ1) is 16.3. The predicted octanol–water partition coefficient (Wildman–Crippen LogP) is 2.18. The van der Waals surface area contributed by atoms with Crippen LogP contribution in [0.1, 0.15) is 25.3 Å². The van der Waals surface area contributed by atoms with Crippen molar-refractivity contribution < 1.29 is 9.53 Å². The lowest BCUT2D eigenvalue weighted by molar-refractivity contribution is -0.119. The van der Waals surface area contributed by atoms with Crippen LogP contribution in [0.4, 0.5) is 0 Å². The highest BCUT2D eigenvalue weighted by atomic mass is 32.2. The Morgan fingerprint density at radius 2 is 2.10 bits per heavy atom.